The molecule has 7 nitrogen and oxygen atoms in total. The molecular weight excluding hydrogens is 476 g/mol. The molecule has 1 aromatic carbocycles. The third-order valence-corrected chi connectivity index (χ3v) is 9.71. The summed E-state index contributed by atoms with van der Waals surface area (Å²) in [4.78, 5) is 29.2. The van der Waals surface area contributed by atoms with Crippen LogP contribution in [0.1, 0.15) is 105 Å². The molecule has 2 aliphatic carbocycles. The predicted octanol–water partition coefficient (Wildman–Crippen LogP) is 4.64. The van der Waals surface area contributed by atoms with E-state index in [0.717, 1.165) is 13.0 Å². The number of benzene rings is 1. The van der Waals surface area contributed by atoms with Gasteiger partial charge in [-0.1, -0.05) is 57.1 Å². The van der Waals surface area contributed by atoms with Gasteiger partial charge in [-0.2, -0.15) is 5.10 Å². The quantitative estimate of drug-likeness (QED) is 0.642. The fraction of sp³-hybridized carbons (Fsp3) is 0.645. The largest absolute Gasteiger partial charge is 0.380 e. The van der Waals surface area contributed by atoms with Gasteiger partial charge in [0.15, 0.2) is 0 Å². The Labute approximate surface area is 226 Å². The average molecular weight is 519 g/mol. The maximum absolute atomic E-state index is 13.2. The van der Waals surface area contributed by atoms with Crippen LogP contribution in [-0.4, -0.2) is 68.3 Å². The second-order valence-corrected chi connectivity index (χ2v) is 12.3. The van der Waals surface area contributed by atoms with Gasteiger partial charge in [0.2, 0.25) is 0 Å². The molecule has 3 heterocycles. The lowest BCUT2D eigenvalue weighted by Gasteiger charge is -2.42. The lowest BCUT2D eigenvalue weighted by atomic mass is 9.66. The topological polar surface area (TPSA) is 78.7 Å². The number of fused-ring (bicyclic) bond motifs is 2. The molecule has 0 radical (unpaired) electrons. The monoisotopic (exact) mass is 518 g/mol. The smallest absolute Gasteiger partial charge is 0.254 e. The summed E-state index contributed by atoms with van der Waals surface area (Å²) >= 11 is 0. The van der Waals surface area contributed by atoms with Gasteiger partial charge >= 0.3 is 0 Å². The molecule has 4 aliphatic rings. The lowest BCUT2D eigenvalue weighted by molar-refractivity contribution is -0.143. The molecule has 2 aromatic rings. The number of aromatic nitrogens is 2. The Morgan fingerprint density at radius 3 is 2.03 bits per heavy atom. The van der Waals surface area contributed by atoms with E-state index in [2.05, 4.69) is 22.9 Å². The van der Waals surface area contributed by atoms with Crippen molar-refractivity contribution < 1.29 is 14.7 Å². The van der Waals surface area contributed by atoms with Crippen LogP contribution in [0.25, 0.3) is 0 Å². The Morgan fingerprint density at radius 2 is 1.39 bits per heavy atom. The first-order valence-corrected chi connectivity index (χ1v) is 14.9. The van der Waals surface area contributed by atoms with Crippen LogP contribution >= 0.6 is 0 Å². The molecule has 7 heteroatoms. The van der Waals surface area contributed by atoms with E-state index in [0.29, 0.717) is 50.5 Å². The van der Waals surface area contributed by atoms with Gasteiger partial charge in [0, 0.05) is 61.5 Å². The van der Waals surface area contributed by atoms with Gasteiger partial charge in [-0.25, -0.2) is 0 Å². The highest BCUT2D eigenvalue weighted by atomic mass is 16.3. The number of aliphatic hydroxyl groups is 1. The number of piperazine rings is 1. The Bertz CT molecular complexity index is 1130. The molecule has 1 N–H and O–H groups in total. The Balaban J connectivity index is 1.13. The summed E-state index contributed by atoms with van der Waals surface area (Å²) in [6, 6.07) is 10.6. The van der Waals surface area contributed by atoms with Crippen LogP contribution in [0.2, 0.25) is 0 Å². The second-order valence-electron chi connectivity index (χ2n) is 12.3. The summed E-state index contributed by atoms with van der Waals surface area (Å²) in [7, 11) is 0. The Kier molecular flexibility index (Phi) is 7.06. The zero-order valence-electron chi connectivity index (χ0n) is 22.6. The van der Waals surface area contributed by atoms with Crippen molar-refractivity contribution in [2.24, 2.45) is 0 Å². The number of hydrogen-bond donors (Lipinski definition) is 1. The minimum absolute atomic E-state index is 0.0237. The van der Waals surface area contributed by atoms with E-state index in [1.807, 2.05) is 23.2 Å². The molecule has 3 fully saturated rings. The standard InChI is InChI=1S/C31H42N4O3/c36-28(33-18-20-34(21-19-33)29(37)31(38)15-16-31)25-10-8-24(9-11-25)26-22-30(27-12-17-32-35(27)23-26)13-6-4-2-1-3-5-7-14-30/h8-12,17,26,38H,1-7,13-16,18-23H2. The van der Waals surface area contributed by atoms with Gasteiger partial charge in [-0.3, -0.25) is 14.3 Å². The van der Waals surface area contributed by atoms with E-state index in [-0.39, 0.29) is 17.2 Å². The summed E-state index contributed by atoms with van der Waals surface area (Å²) < 4.78 is 2.26. The van der Waals surface area contributed by atoms with E-state index in [4.69, 9.17) is 5.10 Å². The summed E-state index contributed by atoms with van der Waals surface area (Å²) in [5, 5.41) is 14.9. The van der Waals surface area contributed by atoms with Crippen molar-refractivity contribution in [3.05, 3.63) is 53.3 Å². The van der Waals surface area contributed by atoms with Crippen LogP contribution in [0.3, 0.4) is 0 Å². The van der Waals surface area contributed by atoms with Gasteiger partial charge < -0.3 is 14.9 Å². The normalized spacial score (nSPS) is 25.0. The molecule has 1 saturated heterocycles. The van der Waals surface area contributed by atoms with Gasteiger partial charge in [-0.15, -0.1) is 0 Å². The highest BCUT2D eigenvalue weighted by Crippen LogP contribution is 2.47. The second kappa shape index (κ2) is 10.5. The number of carbonyl (C=O) groups excluding carboxylic acids is 2. The van der Waals surface area contributed by atoms with Crippen molar-refractivity contribution in [3.8, 4) is 0 Å². The van der Waals surface area contributed by atoms with E-state index in [1.54, 1.807) is 4.90 Å². The lowest BCUT2D eigenvalue weighted by Crippen LogP contribution is -2.53. The van der Waals surface area contributed by atoms with Gasteiger partial charge in [0.25, 0.3) is 11.8 Å². The van der Waals surface area contributed by atoms with Crippen LogP contribution < -0.4 is 0 Å². The first-order chi connectivity index (χ1) is 18.5. The van der Waals surface area contributed by atoms with Crippen molar-refractivity contribution in [1.29, 1.82) is 0 Å². The van der Waals surface area contributed by atoms with Crippen LogP contribution in [0.5, 0.6) is 0 Å². The van der Waals surface area contributed by atoms with Crippen molar-refractivity contribution in [2.45, 2.75) is 101 Å². The highest BCUT2D eigenvalue weighted by Gasteiger charge is 2.50. The molecule has 1 aromatic heterocycles. The molecule has 1 spiro atoms. The van der Waals surface area contributed by atoms with E-state index in [9.17, 15) is 14.7 Å². The molecule has 0 bridgehead atoms. The van der Waals surface area contributed by atoms with Crippen LogP contribution in [0, 0.1) is 0 Å². The number of hydrogen-bond acceptors (Lipinski definition) is 4. The SMILES string of the molecule is O=C(c1ccc(C2Cn3nccc3C3(CCCCCCCCC3)C2)cc1)N1CCN(C(=O)C2(O)CC2)CC1. The van der Waals surface area contributed by atoms with E-state index in [1.165, 1.54) is 69.0 Å². The Hall–Kier alpha value is -2.67. The first kappa shape index (κ1) is 25.6. The highest BCUT2D eigenvalue weighted by molar-refractivity contribution is 5.94. The first-order valence-electron chi connectivity index (χ1n) is 14.9. The zero-order chi connectivity index (χ0) is 26.2. The van der Waals surface area contributed by atoms with Crippen LogP contribution in [0.15, 0.2) is 36.5 Å². The Morgan fingerprint density at radius 1 is 0.789 bits per heavy atom. The van der Waals surface area contributed by atoms with E-state index >= 15 is 0 Å². The molecule has 2 amide bonds. The fourth-order valence-electron chi connectivity index (χ4n) is 7.22. The molecule has 1 unspecified atom stereocenters. The minimum Gasteiger partial charge on any atom is -0.380 e. The summed E-state index contributed by atoms with van der Waals surface area (Å²) in [5.74, 6) is 0.253. The fourth-order valence-corrected chi connectivity index (χ4v) is 7.22. The number of rotatable bonds is 3. The van der Waals surface area contributed by atoms with Gasteiger partial charge in [0.1, 0.15) is 5.60 Å². The average Bonchev–Trinajstić information content (AvgIpc) is 3.52. The van der Waals surface area contributed by atoms with E-state index < -0.39 is 5.60 Å². The zero-order valence-corrected chi connectivity index (χ0v) is 22.6. The number of nitrogens with zero attached hydrogens (tertiary/aromatic N) is 4. The van der Waals surface area contributed by atoms with Gasteiger partial charge in [0.05, 0.1) is 0 Å². The van der Waals surface area contributed by atoms with Crippen LogP contribution in [-0.2, 0) is 16.8 Å². The molecule has 2 saturated carbocycles. The molecule has 6 rings (SSSR count). The summed E-state index contributed by atoms with van der Waals surface area (Å²) in [6.07, 6.45) is 16.1. The van der Waals surface area contributed by atoms with Crippen molar-refractivity contribution in [1.82, 2.24) is 19.6 Å². The maximum Gasteiger partial charge on any atom is 0.254 e. The van der Waals surface area contributed by atoms with Crippen LogP contribution in [0.4, 0.5) is 0 Å². The summed E-state index contributed by atoms with van der Waals surface area (Å²) in [5.41, 5.74) is 2.51. The van der Waals surface area contributed by atoms with Crippen molar-refractivity contribution in [3.63, 3.8) is 0 Å². The third-order valence-electron chi connectivity index (χ3n) is 9.71. The minimum atomic E-state index is -1.13. The number of carbonyl (C=O) groups is 2. The molecule has 38 heavy (non-hydrogen) atoms. The van der Waals surface area contributed by atoms with Gasteiger partial charge in [-0.05, 0) is 55.9 Å². The number of amides is 2. The van der Waals surface area contributed by atoms with Crippen molar-refractivity contribution >= 4 is 11.8 Å². The molecular formula is C31H42N4O3. The third kappa shape index (κ3) is 5.02. The molecule has 204 valence electrons. The molecule has 1 atom stereocenters. The predicted molar refractivity (Wildman–Crippen MR) is 146 cm³/mol. The summed E-state index contributed by atoms with van der Waals surface area (Å²) in [6.45, 7) is 2.90. The maximum atomic E-state index is 13.2. The molecule has 2 aliphatic heterocycles. The van der Waals surface area contributed by atoms with Crippen molar-refractivity contribution in [2.75, 3.05) is 26.2 Å².